The van der Waals surface area contributed by atoms with Gasteiger partial charge in [-0.15, -0.1) is 0 Å². The Morgan fingerprint density at radius 1 is 1.53 bits per heavy atom. The van der Waals surface area contributed by atoms with E-state index < -0.39 is 37.1 Å². The lowest BCUT2D eigenvalue weighted by molar-refractivity contribution is -0.385. The summed E-state index contributed by atoms with van der Waals surface area (Å²) in [7, 11) is -4.38. The van der Waals surface area contributed by atoms with Crippen LogP contribution in [0.15, 0.2) is 28.6 Å². The minimum absolute atomic E-state index is 0.221. The molecule has 2 N–H and O–H groups in total. The minimum Gasteiger partial charge on any atom is -0.485 e. The average molecular weight is 311 g/mol. The van der Waals surface area contributed by atoms with Crippen molar-refractivity contribution in [3.63, 3.8) is 0 Å². The topological polar surface area (TPSA) is 113 Å². The number of sulfonamides is 1. The molecular formula is C9H8ClFN2O5S. The van der Waals surface area contributed by atoms with Crippen molar-refractivity contribution in [2.24, 2.45) is 5.14 Å². The van der Waals surface area contributed by atoms with Crippen LogP contribution in [0.1, 0.15) is 0 Å². The summed E-state index contributed by atoms with van der Waals surface area (Å²) in [5, 5.41) is 15.4. The van der Waals surface area contributed by atoms with Gasteiger partial charge in [-0.05, 0) is 6.08 Å². The van der Waals surface area contributed by atoms with E-state index in [1.54, 1.807) is 0 Å². The molecule has 10 heteroatoms. The molecule has 0 unspecified atom stereocenters. The van der Waals surface area contributed by atoms with E-state index in [0.29, 0.717) is 12.1 Å². The van der Waals surface area contributed by atoms with Gasteiger partial charge < -0.3 is 4.74 Å². The molecule has 1 aromatic rings. The highest BCUT2D eigenvalue weighted by atomic mass is 35.5. The SMILES string of the molecule is NS(=O)(=O)c1cc([N+](=O)[O-])cc(F)c1OC/C=C/Cl. The van der Waals surface area contributed by atoms with Gasteiger partial charge in [0.25, 0.3) is 5.69 Å². The molecule has 7 nitrogen and oxygen atoms in total. The zero-order valence-electron chi connectivity index (χ0n) is 9.25. The van der Waals surface area contributed by atoms with Gasteiger partial charge in [0.05, 0.1) is 11.0 Å². The Morgan fingerprint density at radius 3 is 2.63 bits per heavy atom. The third-order valence-corrected chi connectivity index (χ3v) is 3.02. The Bertz CT molecular complexity index is 632. The molecule has 0 aromatic heterocycles. The van der Waals surface area contributed by atoms with Gasteiger partial charge in [0.1, 0.15) is 11.5 Å². The lowest BCUT2D eigenvalue weighted by atomic mass is 10.3. The summed E-state index contributed by atoms with van der Waals surface area (Å²) < 4.78 is 41.0. The molecule has 0 radical (unpaired) electrons. The Balaban J connectivity index is 3.40. The van der Waals surface area contributed by atoms with Crippen LogP contribution in [-0.4, -0.2) is 19.9 Å². The summed E-state index contributed by atoms with van der Waals surface area (Å²) >= 11 is 5.22. The summed E-state index contributed by atoms with van der Waals surface area (Å²) in [5.74, 6) is -1.90. The molecule has 0 heterocycles. The van der Waals surface area contributed by atoms with E-state index in [-0.39, 0.29) is 6.61 Å². The monoisotopic (exact) mass is 310 g/mol. The van der Waals surface area contributed by atoms with Gasteiger partial charge in [-0.2, -0.15) is 0 Å². The number of nitro benzene ring substituents is 1. The number of hydrogen-bond donors (Lipinski definition) is 1. The number of non-ortho nitro benzene ring substituents is 1. The van der Waals surface area contributed by atoms with Crippen LogP contribution in [0.2, 0.25) is 0 Å². The number of rotatable bonds is 5. The second-order valence-corrected chi connectivity index (χ2v) is 5.01. The van der Waals surface area contributed by atoms with Crippen molar-refractivity contribution < 1.29 is 22.5 Å². The Hall–Kier alpha value is -1.71. The van der Waals surface area contributed by atoms with E-state index in [2.05, 4.69) is 0 Å². The first-order valence-corrected chi connectivity index (χ1v) is 6.64. The number of benzene rings is 1. The van der Waals surface area contributed by atoms with Crippen molar-refractivity contribution in [1.29, 1.82) is 0 Å². The molecule has 0 aliphatic rings. The normalized spacial score (nSPS) is 11.7. The van der Waals surface area contributed by atoms with E-state index in [1.807, 2.05) is 0 Å². The van der Waals surface area contributed by atoms with Gasteiger partial charge in [0, 0.05) is 11.6 Å². The smallest absolute Gasteiger partial charge is 0.274 e. The van der Waals surface area contributed by atoms with Crippen molar-refractivity contribution in [2.45, 2.75) is 4.90 Å². The van der Waals surface area contributed by atoms with Crippen molar-refractivity contribution in [2.75, 3.05) is 6.61 Å². The van der Waals surface area contributed by atoms with Crippen LogP contribution in [-0.2, 0) is 10.0 Å². The van der Waals surface area contributed by atoms with Crippen LogP contribution >= 0.6 is 11.6 Å². The number of nitro groups is 1. The first-order valence-electron chi connectivity index (χ1n) is 4.66. The van der Waals surface area contributed by atoms with Crippen molar-refractivity contribution in [1.82, 2.24) is 0 Å². The number of nitrogens with two attached hydrogens (primary N) is 1. The molecule has 104 valence electrons. The van der Waals surface area contributed by atoms with Gasteiger partial charge in [-0.25, -0.2) is 17.9 Å². The summed E-state index contributed by atoms with van der Waals surface area (Å²) in [6.07, 6.45) is 1.27. The zero-order valence-corrected chi connectivity index (χ0v) is 10.8. The number of primary sulfonamides is 1. The van der Waals surface area contributed by atoms with Crippen LogP contribution in [0.5, 0.6) is 5.75 Å². The predicted molar refractivity (Wildman–Crippen MR) is 64.9 cm³/mol. The second kappa shape index (κ2) is 5.95. The van der Waals surface area contributed by atoms with Gasteiger partial charge in [0.15, 0.2) is 11.6 Å². The van der Waals surface area contributed by atoms with E-state index in [4.69, 9.17) is 21.5 Å². The summed E-state index contributed by atoms with van der Waals surface area (Å²) in [4.78, 5) is 8.79. The standard InChI is InChI=1S/C9H8ClFN2O5S/c10-2-1-3-18-9-7(11)4-6(13(14)15)5-8(9)19(12,16)17/h1-2,4-5H,3H2,(H2,12,16,17)/b2-1+. The van der Waals surface area contributed by atoms with Gasteiger partial charge in [-0.3, -0.25) is 10.1 Å². The van der Waals surface area contributed by atoms with Gasteiger partial charge in [-0.1, -0.05) is 11.6 Å². The highest BCUT2D eigenvalue weighted by molar-refractivity contribution is 7.89. The van der Waals surface area contributed by atoms with Gasteiger partial charge in [0.2, 0.25) is 10.0 Å². The first kappa shape index (κ1) is 15.3. The predicted octanol–water partition coefficient (Wildman–Crippen LogP) is 1.51. The lowest BCUT2D eigenvalue weighted by Gasteiger charge is -2.09. The third kappa shape index (κ3) is 3.88. The highest BCUT2D eigenvalue weighted by Crippen LogP contribution is 2.31. The summed E-state index contributed by atoms with van der Waals surface area (Å²) in [5.41, 5.74) is 0.335. The summed E-state index contributed by atoms with van der Waals surface area (Å²) in [6, 6.07) is 1.16. The number of ether oxygens (including phenoxy) is 1. The van der Waals surface area contributed by atoms with Crippen molar-refractivity contribution in [3.05, 3.63) is 39.7 Å². The quantitative estimate of drug-likeness (QED) is 0.654. The van der Waals surface area contributed by atoms with Crippen LogP contribution in [0.25, 0.3) is 0 Å². The van der Waals surface area contributed by atoms with E-state index in [1.165, 1.54) is 6.08 Å². The van der Waals surface area contributed by atoms with E-state index in [0.717, 1.165) is 5.54 Å². The molecule has 0 aliphatic carbocycles. The fourth-order valence-corrected chi connectivity index (χ4v) is 1.95. The number of hydrogen-bond acceptors (Lipinski definition) is 5. The van der Waals surface area contributed by atoms with Crippen LogP contribution in [0.4, 0.5) is 10.1 Å². The Morgan fingerprint density at radius 2 is 2.16 bits per heavy atom. The fourth-order valence-electron chi connectivity index (χ4n) is 1.18. The Labute approximate surface area is 112 Å². The largest absolute Gasteiger partial charge is 0.485 e. The maximum Gasteiger partial charge on any atom is 0.274 e. The average Bonchev–Trinajstić information content (AvgIpc) is 2.29. The van der Waals surface area contributed by atoms with Gasteiger partial charge >= 0.3 is 0 Å². The Kier molecular flexibility index (Phi) is 4.81. The molecule has 1 rings (SSSR count). The lowest BCUT2D eigenvalue weighted by Crippen LogP contribution is -2.15. The van der Waals surface area contributed by atoms with Crippen molar-refractivity contribution in [3.8, 4) is 5.75 Å². The maximum atomic E-state index is 13.6. The number of nitrogens with zero attached hydrogens (tertiary/aromatic N) is 1. The van der Waals surface area contributed by atoms with Crippen LogP contribution in [0, 0.1) is 15.9 Å². The molecule has 0 saturated carbocycles. The molecule has 0 saturated heterocycles. The fraction of sp³-hybridized carbons (Fsp3) is 0.111. The molecule has 0 atom stereocenters. The molecular weight excluding hydrogens is 303 g/mol. The van der Waals surface area contributed by atoms with E-state index in [9.17, 15) is 22.9 Å². The molecule has 1 aromatic carbocycles. The first-order chi connectivity index (χ1) is 8.77. The van der Waals surface area contributed by atoms with Crippen LogP contribution < -0.4 is 9.88 Å². The highest BCUT2D eigenvalue weighted by Gasteiger charge is 2.24. The molecule has 0 spiro atoms. The van der Waals surface area contributed by atoms with Crippen LogP contribution in [0.3, 0.4) is 0 Å². The number of halogens is 2. The zero-order chi connectivity index (χ0) is 14.6. The minimum atomic E-state index is -4.38. The molecule has 0 fully saturated rings. The van der Waals surface area contributed by atoms with E-state index >= 15 is 0 Å². The molecule has 0 aliphatic heterocycles. The molecule has 0 amide bonds. The summed E-state index contributed by atoms with van der Waals surface area (Å²) in [6.45, 7) is -0.221. The maximum absolute atomic E-state index is 13.6. The van der Waals surface area contributed by atoms with Crippen molar-refractivity contribution >= 4 is 27.3 Å². The second-order valence-electron chi connectivity index (χ2n) is 3.23. The molecule has 19 heavy (non-hydrogen) atoms. The molecule has 0 bridgehead atoms. The third-order valence-electron chi connectivity index (χ3n) is 1.92.